The van der Waals surface area contributed by atoms with Crippen LogP contribution >= 0.6 is 0 Å². The largest absolute Gasteiger partial charge is 0.493 e. The monoisotopic (exact) mass is 375 g/mol. The summed E-state index contributed by atoms with van der Waals surface area (Å²) in [6.07, 6.45) is 4.35. The van der Waals surface area contributed by atoms with Crippen molar-refractivity contribution in [2.45, 2.75) is 17.9 Å². The molecule has 0 aliphatic heterocycles. The zero-order valence-electron chi connectivity index (χ0n) is 14.7. The van der Waals surface area contributed by atoms with Crippen molar-refractivity contribution in [3.63, 3.8) is 0 Å². The van der Waals surface area contributed by atoms with Gasteiger partial charge in [0, 0.05) is 36.9 Å². The van der Waals surface area contributed by atoms with E-state index >= 15 is 0 Å². The van der Waals surface area contributed by atoms with Crippen LogP contribution in [-0.2, 0) is 16.6 Å². The molecule has 8 heteroatoms. The van der Waals surface area contributed by atoms with Gasteiger partial charge in [-0.15, -0.1) is 0 Å². The predicted molar refractivity (Wildman–Crippen MR) is 99.1 cm³/mol. The summed E-state index contributed by atoms with van der Waals surface area (Å²) in [5.41, 5.74) is 0.898. The van der Waals surface area contributed by atoms with Gasteiger partial charge < -0.3 is 14.0 Å². The number of nitrogens with one attached hydrogen (secondary N) is 1. The molecule has 138 valence electrons. The first-order valence-electron chi connectivity index (χ1n) is 8.17. The summed E-state index contributed by atoms with van der Waals surface area (Å²) in [6, 6.07) is 10.4. The Labute approximate surface area is 152 Å². The van der Waals surface area contributed by atoms with Gasteiger partial charge in [0.1, 0.15) is 5.65 Å². The van der Waals surface area contributed by atoms with Crippen molar-refractivity contribution in [1.29, 1.82) is 0 Å². The highest BCUT2D eigenvalue weighted by Crippen LogP contribution is 2.29. The molecule has 0 fully saturated rings. The Morgan fingerprint density at radius 1 is 1.12 bits per heavy atom. The first-order chi connectivity index (χ1) is 12.5. The van der Waals surface area contributed by atoms with Crippen molar-refractivity contribution < 1.29 is 17.9 Å². The molecule has 3 rings (SSSR count). The normalized spacial score (nSPS) is 11.6. The summed E-state index contributed by atoms with van der Waals surface area (Å²) < 4.78 is 39.8. The van der Waals surface area contributed by atoms with Crippen molar-refractivity contribution in [2.24, 2.45) is 0 Å². The molecule has 26 heavy (non-hydrogen) atoms. The molecule has 7 nitrogen and oxygen atoms in total. The Hall–Kier alpha value is -2.58. The third-order valence-corrected chi connectivity index (χ3v) is 5.51. The minimum absolute atomic E-state index is 0.142. The number of nitrogens with zero attached hydrogens (tertiary/aromatic N) is 2. The highest BCUT2D eigenvalue weighted by molar-refractivity contribution is 7.89. The van der Waals surface area contributed by atoms with Gasteiger partial charge in [0.25, 0.3) is 0 Å². The second-order valence-corrected chi connectivity index (χ2v) is 7.46. The van der Waals surface area contributed by atoms with Crippen LogP contribution < -0.4 is 14.2 Å². The van der Waals surface area contributed by atoms with E-state index in [0.29, 0.717) is 31.0 Å². The molecular weight excluding hydrogens is 354 g/mol. The molecule has 0 saturated carbocycles. The fraction of sp³-hybridized carbons (Fsp3) is 0.278. The van der Waals surface area contributed by atoms with E-state index in [1.54, 1.807) is 12.3 Å². The average molecular weight is 375 g/mol. The number of sulfonamides is 1. The Bertz CT molecular complexity index is 999. The number of hydrogen-bond donors (Lipinski definition) is 1. The molecule has 0 aliphatic carbocycles. The van der Waals surface area contributed by atoms with Crippen LogP contribution in [0.4, 0.5) is 0 Å². The second-order valence-electron chi connectivity index (χ2n) is 5.69. The van der Waals surface area contributed by atoms with Crippen LogP contribution in [0.2, 0.25) is 0 Å². The smallest absolute Gasteiger partial charge is 0.240 e. The van der Waals surface area contributed by atoms with Gasteiger partial charge >= 0.3 is 0 Å². The van der Waals surface area contributed by atoms with E-state index in [2.05, 4.69) is 9.71 Å². The van der Waals surface area contributed by atoms with E-state index in [-0.39, 0.29) is 4.90 Å². The van der Waals surface area contributed by atoms with Gasteiger partial charge in [-0.1, -0.05) is 0 Å². The molecule has 2 aromatic heterocycles. The summed E-state index contributed by atoms with van der Waals surface area (Å²) in [4.78, 5) is 4.49. The van der Waals surface area contributed by atoms with Crippen LogP contribution in [0.5, 0.6) is 11.5 Å². The lowest BCUT2D eigenvalue weighted by Gasteiger charge is -2.11. The van der Waals surface area contributed by atoms with E-state index in [1.165, 1.54) is 26.4 Å². The van der Waals surface area contributed by atoms with Gasteiger partial charge in [-0.3, -0.25) is 0 Å². The van der Waals surface area contributed by atoms with Crippen molar-refractivity contribution in [2.75, 3.05) is 20.8 Å². The topological polar surface area (TPSA) is 82.5 Å². The molecule has 0 aliphatic rings. The Balaban J connectivity index is 1.62. The third kappa shape index (κ3) is 3.81. The number of fused-ring (bicyclic) bond motifs is 1. The first-order valence-corrected chi connectivity index (χ1v) is 9.65. The van der Waals surface area contributed by atoms with Gasteiger partial charge in [0.15, 0.2) is 11.5 Å². The fourth-order valence-electron chi connectivity index (χ4n) is 2.72. The van der Waals surface area contributed by atoms with Crippen LogP contribution in [0.1, 0.15) is 6.42 Å². The van der Waals surface area contributed by atoms with Crippen molar-refractivity contribution >= 4 is 21.1 Å². The predicted octanol–water partition coefficient (Wildman–Crippen LogP) is 2.42. The molecular formula is C18H21N3O4S. The van der Waals surface area contributed by atoms with Crippen LogP contribution in [0.3, 0.4) is 0 Å². The molecule has 0 unspecified atom stereocenters. The highest BCUT2D eigenvalue weighted by atomic mass is 32.2. The van der Waals surface area contributed by atoms with E-state index < -0.39 is 10.0 Å². The molecule has 0 atom stereocenters. The van der Waals surface area contributed by atoms with Crippen LogP contribution in [-0.4, -0.2) is 38.7 Å². The number of rotatable bonds is 8. The Morgan fingerprint density at radius 3 is 2.69 bits per heavy atom. The SMILES string of the molecule is COc1ccc(S(=O)(=O)NCCCn2ccc3cccnc32)cc1OC. The van der Waals surface area contributed by atoms with Gasteiger partial charge in [0.2, 0.25) is 10.0 Å². The highest BCUT2D eigenvalue weighted by Gasteiger charge is 2.16. The minimum atomic E-state index is -3.61. The summed E-state index contributed by atoms with van der Waals surface area (Å²) in [5, 5.41) is 1.07. The molecule has 3 aromatic rings. The lowest BCUT2D eigenvalue weighted by atomic mass is 10.3. The maximum Gasteiger partial charge on any atom is 0.240 e. The number of aryl methyl sites for hydroxylation is 1. The van der Waals surface area contributed by atoms with Crippen LogP contribution in [0.25, 0.3) is 11.0 Å². The summed E-state index contributed by atoms with van der Waals surface area (Å²) >= 11 is 0. The van der Waals surface area contributed by atoms with E-state index in [0.717, 1.165) is 11.0 Å². The lowest BCUT2D eigenvalue weighted by molar-refractivity contribution is 0.354. The molecule has 0 saturated heterocycles. The molecule has 0 amide bonds. The third-order valence-electron chi connectivity index (χ3n) is 4.06. The van der Waals surface area contributed by atoms with Crippen molar-refractivity contribution in [3.05, 3.63) is 48.8 Å². The van der Waals surface area contributed by atoms with Crippen LogP contribution in [0.15, 0.2) is 53.7 Å². The van der Waals surface area contributed by atoms with Gasteiger partial charge in [-0.2, -0.15) is 0 Å². The lowest BCUT2D eigenvalue weighted by Crippen LogP contribution is -2.25. The number of aromatic nitrogens is 2. The number of benzene rings is 1. The zero-order chi connectivity index (χ0) is 18.6. The van der Waals surface area contributed by atoms with Crippen molar-refractivity contribution in [1.82, 2.24) is 14.3 Å². The fourth-order valence-corrected chi connectivity index (χ4v) is 3.81. The van der Waals surface area contributed by atoms with E-state index in [1.807, 2.05) is 29.0 Å². The van der Waals surface area contributed by atoms with Gasteiger partial charge in [0.05, 0.1) is 19.1 Å². The van der Waals surface area contributed by atoms with Gasteiger partial charge in [-0.25, -0.2) is 18.1 Å². The zero-order valence-corrected chi connectivity index (χ0v) is 15.5. The number of ether oxygens (including phenoxy) is 2. The Kier molecular flexibility index (Phi) is 5.43. The minimum Gasteiger partial charge on any atom is -0.493 e. The molecule has 0 spiro atoms. The standard InChI is InChI=1S/C18H21N3O4S/c1-24-16-7-6-15(13-17(16)25-2)26(22,23)20-10-4-11-21-12-8-14-5-3-9-19-18(14)21/h3,5-9,12-13,20H,4,10-11H2,1-2H3. The molecule has 1 N–H and O–H groups in total. The summed E-state index contributed by atoms with van der Waals surface area (Å²) in [6.45, 7) is 0.998. The Morgan fingerprint density at radius 2 is 1.92 bits per heavy atom. The van der Waals surface area contributed by atoms with E-state index in [4.69, 9.17) is 9.47 Å². The second kappa shape index (κ2) is 7.76. The van der Waals surface area contributed by atoms with Crippen LogP contribution in [0, 0.1) is 0 Å². The summed E-state index contributed by atoms with van der Waals surface area (Å²) in [7, 11) is -0.638. The molecule has 0 radical (unpaired) electrons. The van der Waals surface area contributed by atoms with Crippen molar-refractivity contribution in [3.8, 4) is 11.5 Å². The maximum atomic E-state index is 12.4. The first kappa shape index (κ1) is 18.2. The number of pyridine rings is 1. The molecule has 2 heterocycles. The number of hydrogen-bond acceptors (Lipinski definition) is 5. The maximum absolute atomic E-state index is 12.4. The van der Waals surface area contributed by atoms with E-state index in [9.17, 15) is 8.42 Å². The van der Waals surface area contributed by atoms with Gasteiger partial charge in [-0.05, 0) is 36.8 Å². The number of methoxy groups -OCH3 is 2. The quantitative estimate of drug-likeness (QED) is 0.612. The molecule has 0 bridgehead atoms. The summed E-state index contributed by atoms with van der Waals surface area (Å²) in [5.74, 6) is 0.860. The average Bonchev–Trinajstić information content (AvgIpc) is 3.08. The molecule has 1 aromatic carbocycles.